The Labute approximate surface area is 174 Å². The van der Waals surface area contributed by atoms with Gasteiger partial charge in [-0.25, -0.2) is 0 Å². The number of hydrogen-bond donors (Lipinski definition) is 1. The van der Waals surface area contributed by atoms with E-state index in [-0.39, 0.29) is 11.6 Å². The zero-order chi connectivity index (χ0) is 21.7. The van der Waals surface area contributed by atoms with E-state index in [9.17, 15) is 14.9 Å². The molecule has 0 spiro atoms. The first kappa shape index (κ1) is 21.4. The summed E-state index contributed by atoms with van der Waals surface area (Å²) < 4.78 is 16.4. The molecule has 1 aliphatic rings. The number of rotatable bonds is 7. The van der Waals surface area contributed by atoms with Crippen molar-refractivity contribution in [1.82, 2.24) is 4.90 Å². The highest BCUT2D eigenvalue weighted by atomic mass is 16.6. The number of non-ortho nitro benzene ring substituents is 1. The molecule has 1 saturated heterocycles. The summed E-state index contributed by atoms with van der Waals surface area (Å²) in [5.41, 5.74) is 1.45. The molecule has 1 heterocycles. The van der Waals surface area contributed by atoms with Crippen molar-refractivity contribution < 1.29 is 28.8 Å². The van der Waals surface area contributed by atoms with Crippen molar-refractivity contribution in [2.24, 2.45) is 0 Å². The largest absolute Gasteiger partial charge is 0.493 e. The smallest absolute Gasteiger partial charge is 0.269 e. The summed E-state index contributed by atoms with van der Waals surface area (Å²) in [6.07, 6.45) is 0. The van der Waals surface area contributed by atoms with E-state index in [1.807, 2.05) is 12.1 Å². The average Bonchev–Trinajstić information content (AvgIpc) is 2.78. The number of nitro benzene ring substituents is 1. The topological polar surface area (TPSA) is 95.6 Å². The highest BCUT2D eigenvalue weighted by Gasteiger charge is 2.26. The molecule has 9 nitrogen and oxygen atoms in total. The molecule has 1 aliphatic heterocycles. The van der Waals surface area contributed by atoms with Crippen LogP contribution in [-0.4, -0.2) is 63.2 Å². The van der Waals surface area contributed by atoms with Crippen LogP contribution >= 0.6 is 0 Å². The maximum atomic E-state index is 12.7. The number of nitro groups is 1. The molecule has 160 valence electrons. The van der Waals surface area contributed by atoms with Crippen molar-refractivity contribution in [2.75, 3.05) is 47.5 Å². The maximum Gasteiger partial charge on any atom is 0.269 e. The van der Waals surface area contributed by atoms with Gasteiger partial charge in [0.15, 0.2) is 11.5 Å². The molecular weight excluding hydrogens is 390 g/mol. The molecule has 0 bridgehead atoms. The number of ether oxygens (including phenoxy) is 3. The van der Waals surface area contributed by atoms with Crippen LogP contribution in [0, 0.1) is 10.1 Å². The number of carbonyl (C=O) groups excluding carboxylic acids is 1. The van der Waals surface area contributed by atoms with Crippen molar-refractivity contribution in [3.05, 3.63) is 57.6 Å². The fourth-order valence-electron chi connectivity index (χ4n) is 3.68. The molecular formula is C21H26N3O6+. The van der Waals surface area contributed by atoms with Crippen LogP contribution in [0.1, 0.15) is 15.9 Å². The number of quaternary nitrogens is 1. The van der Waals surface area contributed by atoms with E-state index in [0.717, 1.165) is 25.2 Å². The monoisotopic (exact) mass is 416 g/mol. The zero-order valence-corrected chi connectivity index (χ0v) is 17.3. The van der Waals surface area contributed by atoms with Crippen LogP contribution in [0.5, 0.6) is 17.2 Å². The predicted octanol–water partition coefficient (Wildman–Crippen LogP) is 1.16. The minimum Gasteiger partial charge on any atom is -0.493 e. The summed E-state index contributed by atoms with van der Waals surface area (Å²) in [5, 5.41) is 10.8. The number of nitrogens with one attached hydrogen (secondary N) is 1. The second kappa shape index (κ2) is 9.45. The van der Waals surface area contributed by atoms with Gasteiger partial charge in [-0.2, -0.15) is 0 Å². The van der Waals surface area contributed by atoms with Crippen molar-refractivity contribution in [3.63, 3.8) is 0 Å². The van der Waals surface area contributed by atoms with Gasteiger partial charge < -0.3 is 24.0 Å². The van der Waals surface area contributed by atoms with E-state index >= 15 is 0 Å². The number of carbonyl (C=O) groups is 1. The lowest BCUT2D eigenvalue weighted by Gasteiger charge is -2.32. The predicted molar refractivity (Wildman–Crippen MR) is 109 cm³/mol. The van der Waals surface area contributed by atoms with E-state index in [1.165, 1.54) is 29.2 Å². The zero-order valence-electron chi connectivity index (χ0n) is 17.3. The van der Waals surface area contributed by atoms with Crippen molar-refractivity contribution in [3.8, 4) is 17.2 Å². The minimum absolute atomic E-state index is 0.0234. The molecule has 1 amide bonds. The van der Waals surface area contributed by atoms with Crippen LogP contribution in [0.3, 0.4) is 0 Å². The molecule has 2 aromatic carbocycles. The van der Waals surface area contributed by atoms with Crippen LogP contribution in [0.25, 0.3) is 0 Å². The summed E-state index contributed by atoms with van der Waals surface area (Å²) in [4.78, 5) is 26.1. The van der Waals surface area contributed by atoms with Gasteiger partial charge in [0.25, 0.3) is 11.6 Å². The first-order chi connectivity index (χ1) is 14.5. The number of nitrogens with zero attached hydrogens (tertiary/aromatic N) is 2. The van der Waals surface area contributed by atoms with Gasteiger partial charge in [-0.1, -0.05) is 0 Å². The highest BCUT2D eigenvalue weighted by molar-refractivity contribution is 5.94. The van der Waals surface area contributed by atoms with Gasteiger partial charge in [-0.3, -0.25) is 14.9 Å². The van der Waals surface area contributed by atoms with E-state index < -0.39 is 4.92 Å². The fourth-order valence-corrected chi connectivity index (χ4v) is 3.68. The first-order valence-electron chi connectivity index (χ1n) is 9.63. The number of amides is 1. The van der Waals surface area contributed by atoms with Gasteiger partial charge >= 0.3 is 0 Å². The number of methoxy groups -OCH3 is 3. The summed E-state index contributed by atoms with van der Waals surface area (Å²) in [7, 11) is 4.78. The summed E-state index contributed by atoms with van der Waals surface area (Å²) in [6, 6.07) is 9.57. The number of benzene rings is 2. The lowest BCUT2D eigenvalue weighted by molar-refractivity contribution is -0.917. The lowest BCUT2D eigenvalue weighted by atomic mass is 10.1. The van der Waals surface area contributed by atoms with Crippen LogP contribution in [0.2, 0.25) is 0 Å². The Bertz CT molecular complexity index is 908. The Kier molecular flexibility index (Phi) is 6.73. The Balaban J connectivity index is 1.63. The highest BCUT2D eigenvalue weighted by Crippen LogP contribution is 2.39. The molecule has 1 N–H and O–H groups in total. The molecule has 0 aliphatic carbocycles. The van der Waals surface area contributed by atoms with E-state index in [2.05, 4.69) is 0 Å². The molecule has 0 radical (unpaired) electrons. The molecule has 0 unspecified atom stereocenters. The van der Waals surface area contributed by atoms with Gasteiger partial charge in [0.05, 0.1) is 58.0 Å². The van der Waals surface area contributed by atoms with Crippen LogP contribution in [0.15, 0.2) is 36.4 Å². The quantitative estimate of drug-likeness (QED) is 0.538. The van der Waals surface area contributed by atoms with Crippen molar-refractivity contribution in [2.45, 2.75) is 6.54 Å². The molecule has 0 aromatic heterocycles. The summed E-state index contributed by atoms with van der Waals surface area (Å²) >= 11 is 0. The molecule has 0 saturated carbocycles. The lowest BCUT2D eigenvalue weighted by Crippen LogP contribution is -3.13. The Morgan fingerprint density at radius 1 is 1.00 bits per heavy atom. The SMILES string of the molecule is COc1ccc(C[NH+]2CCN(C(=O)c3ccc([N+](=O)[O-])cc3)CC2)c(OC)c1OC. The molecule has 9 heteroatoms. The fraction of sp³-hybridized carbons (Fsp3) is 0.381. The third-order valence-corrected chi connectivity index (χ3v) is 5.31. The summed E-state index contributed by atoms with van der Waals surface area (Å²) in [5.74, 6) is 1.75. The second-order valence-corrected chi connectivity index (χ2v) is 7.02. The third-order valence-electron chi connectivity index (χ3n) is 5.31. The Hall–Kier alpha value is -3.33. The first-order valence-corrected chi connectivity index (χ1v) is 9.63. The van der Waals surface area contributed by atoms with E-state index in [0.29, 0.717) is 35.9 Å². The number of hydrogen-bond acceptors (Lipinski definition) is 6. The summed E-state index contributed by atoms with van der Waals surface area (Å²) in [6.45, 7) is 3.54. The number of piperazine rings is 1. The molecule has 1 fully saturated rings. The standard InChI is InChI=1S/C21H25N3O6/c1-28-18-9-6-16(19(29-2)20(18)30-3)14-22-10-12-23(13-11-22)21(25)15-4-7-17(8-5-15)24(26)27/h4-9H,10-14H2,1-3H3/p+1. The van der Waals surface area contributed by atoms with Crippen molar-refractivity contribution in [1.29, 1.82) is 0 Å². The third kappa shape index (κ3) is 4.46. The maximum absolute atomic E-state index is 12.7. The molecule has 0 atom stereocenters. The van der Waals surface area contributed by atoms with Gasteiger partial charge in [0.2, 0.25) is 5.75 Å². The van der Waals surface area contributed by atoms with E-state index in [1.54, 1.807) is 26.2 Å². The van der Waals surface area contributed by atoms with Crippen LogP contribution < -0.4 is 19.1 Å². The van der Waals surface area contributed by atoms with Gasteiger partial charge in [0, 0.05) is 17.7 Å². The molecule has 2 aromatic rings. The average molecular weight is 416 g/mol. The normalized spacial score (nSPS) is 14.3. The van der Waals surface area contributed by atoms with Crippen LogP contribution in [-0.2, 0) is 6.54 Å². The molecule has 30 heavy (non-hydrogen) atoms. The van der Waals surface area contributed by atoms with Gasteiger partial charge in [-0.05, 0) is 24.3 Å². The minimum atomic E-state index is -0.473. The van der Waals surface area contributed by atoms with E-state index in [4.69, 9.17) is 14.2 Å². The van der Waals surface area contributed by atoms with Crippen LogP contribution in [0.4, 0.5) is 5.69 Å². The van der Waals surface area contributed by atoms with Gasteiger partial charge in [-0.15, -0.1) is 0 Å². The van der Waals surface area contributed by atoms with Gasteiger partial charge in [0.1, 0.15) is 6.54 Å². The Morgan fingerprint density at radius 3 is 2.17 bits per heavy atom. The Morgan fingerprint density at radius 2 is 1.63 bits per heavy atom. The van der Waals surface area contributed by atoms with Crippen molar-refractivity contribution >= 4 is 11.6 Å². The second-order valence-electron chi connectivity index (χ2n) is 7.02. The molecule has 3 rings (SSSR count).